The standard InChI is InChI=1S/C23H23N5O2/c1-15-20-14-26-28(19-9-5-4-6-10-19)23(30)21(20)16(2)27(15)17(3)22(29)25-13-18-8-7-11-24-12-18/h4-12,14,17H,13H2,1-3H3,(H,25,29)/t17-/m1/s1. The first-order valence-corrected chi connectivity index (χ1v) is 9.80. The topological polar surface area (TPSA) is 81.8 Å². The SMILES string of the molecule is Cc1c2cnn(-c3ccccc3)c(=O)c2c(C)n1[C@H](C)C(=O)NCc1cccnc1. The predicted molar refractivity (Wildman–Crippen MR) is 116 cm³/mol. The van der Waals surface area contributed by atoms with Crippen LogP contribution in [0.3, 0.4) is 0 Å². The van der Waals surface area contributed by atoms with Crippen LogP contribution < -0.4 is 10.9 Å². The molecule has 3 heterocycles. The monoisotopic (exact) mass is 401 g/mol. The predicted octanol–water partition coefficient (Wildman–Crippen LogP) is 3.08. The Morgan fingerprint density at radius 1 is 1.07 bits per heavy atom. The molecule has 0 aliphatic heterocycles. The number of aryl methyl sites for hydroxylation is 2. The Morgan fingerprint density at radius 2 is 1.83 bits per heavy atom. The first-order chi connectivity index (χ1) is 14.5. The average molecular weight is 401 g/mol. The highest BCUT2D eigenvalue weighted by Gasteiger charge is 2.23. The van der Waals surface area contributed by atoms with Gasteiger partial charge in [-0.1, -0.05) is 24.3 Å². The molecule has 0 unspecified atom stereocenters. The summed E-state index contributed by atoms with van der Waals surface area (Å²) in [6, 6.07) is 12.6. The summed E-state index contributed by atoms with van der Waals surface area (Å²) in [5.74, 6) is -0.123. The lowest BCUT2D eigenvalue weighted by molar-refractivity contribution is -0.124. The quantitative estimate of drug-likeness (QED) is 0.557. The number of fused-ring (bicyclic) bond motifs is 1. The summed E-state index contributed by atoms with van der Waals surface area (Å²) in [5, 5.41) is 8.65. The van der Waals surface area contributed by atoms with Crippen LogP contribution in [0.2, 0.25) is 0 Å². The Kier molecular flexibility index (Phi) is 5.18. The number of para-hydroxylation sites is 1. The molecule has 30 heavy (non-hydrogen) atoms. The van der Waals surface area contributed by atoms with Gasteiger partial charge < -0.3 is 9.88 Å². The highest BCUT2D eigenvalue weighted by molar-refractivity contribution is 5.89. The molecule has 1 atom stereocenters. The second-order valence-electron chi connectivity index (χ2n) is 7.28. The summed E-state index contributed by atoms with van der Waals surface area (Å²) in [5.41, 5.74) is 3.04. The maximum Gasteiger partial charge on any atom is 0.281 e. The Hall–Kier alpha value is -3.74. The summed E-state index contributed by atoms with van der Waals surface area (Å²) in [6.45, 7) is 6.02. The average Bonchev–Trinajstić information content (AvgIpc) is 3.03. The molecule has 0 fully saturated rings. The van der Waals surface area contributed by atoms with Gasteiger partial charge in [0.15, 0.2) is 0 Å². The van der Waals surface area contributed by atoms with Crippen LogP contribution in [0.25, 0.3) is 16.5 Å². The Balaban J connectivity index is 1.70. The third kappa shape index (κ3) is 3.39. The number of carbonyl (C=O) groups excluding carboxylic acids is 1. The lowest BCUT2D eigenvalue weighted by atomic mass is 10.2. The molecule has 1 aromatic carbocycles. The summed E-state index contributed by atoms with van der Waals surface area (Å²) in [4.78, 5) is 30.1. The molecule has 0 aliphatic rings. The van der Waals surface area contributed by atoms with Crippen LogP contribution in [-0.2, 0) is 11.3 Å². The minimum absolute atomic E-state index is 0.123. The molecule has 4 aromatic rings. The smallest absolute Gasteiger partial charge is 0.281 e. The fourth-order valence-corrected chi connectivity index (χ4v) is 3.87. The molecule has 0 saturated carbocycles. The molecule has 0 spiro atoms. The molecule has 0 bridgehead atoms. The highest BCUT2D eigenvalue weighted by Crippen LogP contribution is 2.26. The van der Waals surface area contributed by atoms with Gasteiger partial charge in [-0.05, 0) is 44.5 Å². The molecule has 1 amide bonds. The van der Waals surface area contributed by atoms with E-state index in [1.165, 1.54) is 4.68 Å². The second-order valence-corrected chi connectivity index (χ2v) is 7.28. The third-order valence-corrected chi connectivity index (χ3v) is 5.41. The zero-order valence-electron chi connectivity index (χ0n) is 17.2. The van der Waals surface area contributed by atoms with Crippen molar-refractivity contribution in [1.29, 1.82) is 0 Å². The van der Waals surface area contributed by atoms with E-state index in [4.69, 9.17) is 0 Å². The molecule has 7 heteroatoms. The van der Waals surface area contributed by atoms with Gasteiger partial charge in [0.2, 0.25) is 5.91 Å². The van der Waals surface area contributed by atoms with Gasteiger partial charge in [-0.2, -0.15) is 9.78 Å². The van der Waals surface area contributed by atoms with Gasteiger partial charge in [0.05, 0.1) is 17.3 Å². The number of pyridine rings is 1. The van der Waals surface area contributed by atoms with Crippen LogP contribution in [0, 0.1) is 13.8 Å². The van der Waals surface area contributed by atoms with Gasteiger partial charge in [-0.15, -0.1) is 0 Å². The van der Waals surface area contributed by atoms with Crippen LogP contribution in [0.4, 0.5) is 0 Å². The number of nitrogens with zero attached hydrogens (tertiary/aromatic N) is 4. The third-order valence-electron chi connectivity index (χ3n) is 5.41. The van der Waals surface area contributed by atoms with E-state index in [0.717, 1.165) is 22.3 Å². The number of aromatic nitrogens is 4. The Labute approximate surface area is 174 Å². The van der Waals surface area contributed by atoms with Gasteiger partial charge in [0.25, 0.3) is 5.56 Å². The minimum Gasteiger partial charge on any atom is -0.350 e. The van der Waals surface area contributed by atoms with E-state index < -0.39 is 6.04 Å². The fourth-order valence-electron chi connectivity index (χ4n) is 3.87. The number of nitrogens with one attached hydrogen (secondary N) is 1. The Morgan fingerprint density at radius 3 is 2.53 bits per heavy atom. The fraction of sp³-hybridized carbons (Fsp3) is 0.217. The van der Waals surface area contributed by atoms with Crippen molar-refractivity contribution in [2.75, 3.05) is 0 Å². The van der Waals surface area contributed by atoms with Gasteiger partial charge >= 0.3 is 0 Å². The molecule has 1 N–H and O–H groups in total. The minimum atomic E-state index is -0.473. The lowest BCUT2D eigenvalue weighted by Gasteiger charge is -2.18. The molecule has 4 rings (SSSR count). The van der Waals surface area contributed by atoms with Gasteiger partial charge in [0, 0.05) is 35.7 Å². The van der Waals surface area contributed by atoms with Crippen molar-refractivity contribution >= 4 is 16.7 Å². The van der Waals surface area contributed by atoms with E-state index in [9.17, 15) is 9.59 Å². The molecule has 0 aliphatic carbocycles. The van der Waals surface area contributed by atoms with Crippen molar-refractivity contribution in [3.63, 3.8) is 0 Å². The van der Waals surface area contributed by atoms with Crippen molar-refractivity contribution in [3.05, 3.63) is 88.4 Å². The van der Waals surface area contributed by atoms with Crippen LogP contribution in [0.5, 0.6) is 0 Å². The van der Waals surface area contributed by atoms with E-state index in [1.807, 2.05) is 67.8 Å². The molecule has 7 nitrogen and oxygen atoms in total. The molecule has 0 saturated heterocycles. The van der Waals surface area contributed by atoms with Crippen molar-refractivity contribution in [2.45, 2.75) is 33.4 Å². The van der Waals surface area contributed by atoms with Crippen molar-refractivity contribution in [3.8, 4) is 5.69 Å². The lowest BCUT2D eigenvalue weighted by Crippen LogP contribution is -2.31. The number of hydrogen-bond acceptors (Lipinski definition) is 4. The van der Waals surface area contributed by atoms with Gasteiger partial charge in [-0.3, -0.25) is 14.6 Å². The van der Waals surface area contributed by atoms with Crippen LogP contribution in [0.1, 0.15) is 29.9 Å². The maximum absolute atomic E-state index is 13.2. The number of carbonyl (C=O) groups is 1. The summed E-state index contributed by atoms with van der Waals surface area (Å²) in [6.07, 6.45) is 5.12. The van der Waals surface area contributed by atoms with E-state index >= 15 is 0 Å². The van der Waals surface area contributed by atoms with Crippen molar-refractivity contribution in [2.24, 2.45) is 0 Å². The first kappa shape index (κ1) is 19.6. The zero-order chi connectivity index (χ0) is 21.3. The Bertz CT molecular complexity index is 1260. The highest BCUT2D eigenvalue weighted by atomic mass is 16.2. The second kappa shape index (κ2) is 7.94. The van der Waals surface area contributed by atoms with Crippen LogP contribution in [-0.4, -0.2) is 25.2 Å². The van der Waals surface area contributed by atoms with E-state index in [2.05, 4.69) is 15.4 Å². The van der Waals surface area contributed by atoms with Crippen molar-refractivity contribution in [1.82, 2.24) is 24.6 Å². The van der Waals surface area contributed by atoms with E-state index in [0.29, 0.717) is 17.6 Å². The molecular weight excluding hydrogens is 378 g/mol. The van der Waals surface area contributed by atoms with Gasteiger partial charge in [0.1, 0.15) is 6.04 Å². The molecular formula is C23H23N5O2. The zero-order valence-corrected chi connectivity index (χ0v) is 17.2. The molecule has 3 aromatic heterocycles. The van der Waals surface area contributed by atoms with E-state index in [1.54, 1.807) is 18.6 Å². The number of hydrogen-bond donors (Lipinski definition) is 1. The van der Waals surface area contributed by atoms with Crippen LogP contribution >= 0.6 is 0 Å². The summed E-state index contributed by atoms with van der Waals surface area (Å²) < 4.78 is 3.30. The normalized spacial score (nSPS) is 12.1. The first-order valence-electron chi connectivity index (χ1n) is 9.80. The summed E-state index contributed by atoms with van der Waals surface area (Å²) >= 11 is 0. The molecule has 0 radical (unpaired) electrons. The summed E-state index contributed by atoms with van der Waals surface area (Å²) in [7, 11) is 0. The van der Waals surface area contributed by atoms with Crippen molar-refractivity contribution < 1.29 is 4.79 Å². The maximum atomic E-state index is 13.2. The van der Waals surface area contributed by atoms with Gasteiger partial charge in [-0.25, -0.2) is 0 Å². The number of amides is 1. The van der Waals surface area contributed by atoms with E-state index in [-0.39, 0.29) is 11.5 Å². The number of benzene rings is 1. The van der Waals surface area contributed by atoms with Crippen LogP contribution in [0.15, 0.2) is 65.8 Å². The largest absolute Gasteiger partial charge is 0.350 e. The molecule has 152 valence electrons. The number of rotatable bonds is 5.